The van der Waals surface area contributed by atoms with E-state index in [1.165, 1.54) is 16.8 Å². The minimum atomic E-state index is 0.0962. The van der Waals surface area contributed by atoms with Crippen LogP contribution in [0.5, 0.6) is 0 Å². The van der Waals surface area contributed by atoms with Crippen molar-refractivity contribution in [2.75, 3.05) is 4.90 Å². The molecule has 2 rings (SSSR count). The molecule has 0 saturated heterocycles. The predicted octanol–water partition coefficient (Wildman–Crippen LogP) is 6.00. The molecule has 0 aliphatic heterocycles. The van der Waals surface area contributed by atoms with Gasteiger partial charge in [0.05, 0.1) is 0 Å². The molecule has 1 atom stereocenters. The van der Waals surface area contributed by atoms with Gasteiger partial charge in [-0.3, -0.25) is 0 Å². The van der Waals surface area contributed by atoms with Crippen molar-refractivity contribution in [2.45, 2.75) is 53.1 Å². The number of hydrogen-bond acceptors (Lipinski definition) is 1. The van der Waals surface area contributed by atoms with Crippen LogP contribution in [0.4, 0.5) is 5.69 Å². The van der Waals surface area contributed by atoms with Crippen LogP contribution in [0, 0.1) is 5.92 Å². The minimum Gasteiger partial charge on any atom is -0.364 e. The molecule has 22 heavy (non-hydrogen) atoms. The summed E-state index contributed by atoms with van der Waals surface area (Å²) in [7, 11) is 0. The number of hydrogen-bond donors (Lipinski definition) is 0. The van der Waals surface area contributed by atoms with Gasteiger partial charge in [0.1, 0.15) is 0 Å². The van der Waals surface area contributed by atoms with Gasteiger partial charge in [-0.2, -0.15) is 0 Å². The number of rotatable bonds is 4. The van der Waals surface area contributed by atoms with Gasteiger partial charge < -0.3 is 4.90 Å². The summed E-state index contributed by atoms with van der Waals surface area (Å²) >= 11 is 0. The van der Waals surface area contributed by atoms with Gasteiger partial charge in [0.25, 0.3) is 0 Å². The number of benzene rings is 2. The van der Waals surface area contributed by atoms with Crippen molar-refractivity contribution in [3.63, 3.8) is 0 Å². The van der Waals surface area contributed by atoms with Crippen LogP contribution in [0.2, 0.25) is 0 Å². The Morgan fingerprint density at radius 3 is 1.91 bits per heavy atom. The third kappa shape index (κ3) is 3.71. The highest BCUT2D eigenvalue weighted by atomic mass is 15.2. The summed E-state index contributed by atoms with van der Waals surface area (Å²) in [6.07, 6.45) is 0. The van der Waals surface area contributed by atoms with Crippen LogP contribution in [-0.4, -0.2) is 11.6 Å². The summed E-state index contributed by atoms with van der Waals surface area (Å²) in [5, 5.41) is 0. The zero-order valence-corrected chi connectivity index (χ0v) is 14.8. The molecule has 0 amide bonds. The highest BCUT2D eigenvalue weighted by molar-refractivity contribution is 5.69. The Balaban J connectivity index is 2.45. The summed E-state index contributed by atoms with van der Waals surface area (Å²) in [6, 6.07) is 20.0. The topological polar surface area (TPSA) is 3.24 Å². The van der Waals surface area contributed by atoms with Crippen LogP contribution in [0.1, 0.15) is 41.5 Å². The van der Waals surface area contributed by atoms with E-state index in [-0.39, 0.29) is 5.54 Å². The van der Waals surface area contributed by atoms with Gasteiger partial charge in [-0.25, -0.2) is 0 Å². The number of nitrogens with zero attached hydrogens (tertiary/aromatic N) is 1. The Morgan fingerprint density at radius 1 is 0.773 bits per heavy atom. The van der Waals surface area contributed by atoms with E-state index in [9.17, 15) is 0 Å². The van der Waals surface area contributed by atoms with Gasteiger partial charge in [-0.05, 0) is 56.9 Å². The normalized spacial score (nSPS) is 13.2. The maximum atomic E-state index is 2.55. The first kappa shape index (κ1) is 16.6. The fourth-order valence-corrected chi connectivity index (χ4v) is 3.00. The van der Waals surface area contributed by atoms with Crippen molar-refractivity contribution >= 4 is 5.69 Å². The predicted molar refractivity (Wildman–Crippen MR) is 98.4 cm³/mol. The molecule has 0 aliphatic carbocycles. The highest BCUT2D eigenvalue weighted by Gasteiger charge is 2.28. The largest absolute Gasteiger partial charge is 0.364 e. The summed E-state index contributed by atoms with van der Waals surface area (Å²) < 4.78 is 0. The smallest absolute Gasteiger partial charge is 0.0379 e. The maximum Gasteiger partial charge on any atom is 0.0379 e. The molecule has 0 bridgehead atoms. The zero-order valence-electron chi connectivity index (χ0n) is 14.8. The van der Waals surface area contributed by atoms with E-state index in [1.54, 1.807) is 0 Å². The molecular weight excluding hydrogens is 266 g/mol. The van der Waals surface area contributed by atoms with Crippen LogP contribution in [-0.2, 0) is 0 Å². The molecule has 1 heteroatoms. The van der Waals surface area contributed by atoms with Crippen molar-refractivity contribution < 1.29 is 0 Å². The first-order chi connectivity index (χ1) is 10.3. The molecular formula is C21H29N. The van der Waals surface area contributed by atoms with Gasteiger partial charge in [0, 0.05) is 17.3 Å². The molecule has 1 nitrogen and oxygen atoms in total. The first-order valence-electron chi connectivity index (χ1n) is 8.25. The molecule has 0 aromatic heterocycles. The Kier molecular flexibility index (Phi) is 4.95. The second kappa shape index (κ2) is 6.56. The maximum absolute atomic E-state index is 2.55. The zero-order chi connectivity index (χ0) is 16.3. The molecule has 0 fully saturated rings. The van der Waals surface area contributed by atoms with Gasteiger partial charge in [0.2, 0.25) is 0 Å². The first-order valence-corrected chi connectivity index (χ1v) is 8.25. The van der Waals surface area contributed by atoms with E-state index in [2.05, 4.69) is 101 Å². The Morgan fingerprint density at radius 2 is 1.36 bits per heavy atom. The lowest BCUT2D eigenvalue weighted by Crippen LogP contribution is -2.49. The average Bonchev–Trinajstić information content (AvgIpc) is 2.47. The van der Waals surface area contributed by atoms with Crippen LogP contribution >= 0.6 is 0 Å². The third-order valence-corrected chi connectivity index (χ3v) is 4.33. The fraction of sp³-hybridized carbons (Fsp3) is 0.429. The SMILES string of the molecule is CC(C)C(C)N(c1cccc(-c2ccccc2)c1)C(C)(C)C. The van der Waals surface area contributed by atoms with Crippen molar-refractivity contribution in [3.05, 3.63) is 54.6 Å². The van der Waals surface area contributed by atoms with Crippen LogP contribution in [0.15, 0.2) is 54.6 Å². The highest BCUT2D eigenvalue weighted by Crippen LogP contribution is 2.32. The molecule has 1 unspecified atom stereocenters. The van der Waals surface area contributed by atoms with Crippen LogP contribution in [0.25, 0.3) is 11.1 Å². The van der Waals surface area contributed by atoms with E-state index < -0.39 is 0 Å². The summed E-state index contributed by atoms with van der Waals surface area (Å²) in [4.78, 5) is 2.55. The summed E-state index contributed by atoms with van der Waals surface area (Å²) in [5.74, 6) is 0.611. The van der Waals surface area contributed by atoms with Gasteiger partial charge in [-0.15, -0.1) is 0 Å². The molecule has 2 aromatic carbocycles. The molecule has 118 valence electrons. The van der Waals surface area contributed by atoms with E-state index >= 15 is 0 Å². The van der Waals surface area contributed by atoms with Crippen molar-refractivity contribution in [1.82, 2.24) is 0 Å². The van der Waals surface area contributed by atoms with Gasteiger partial charge in [0.15, 0.2) is 0 Å². The van der Waals surface area contributed by atoms with Crippen molar-refractivity contribution in [3.8, 4) is 11.1 Å². The molecule has 0 aliphatic rings. The quantitative estimate of drug-likeness (QED) is 0.668. The van der Waals surface area contributed by atoms with E-state index in [4.69, 9.17) is 0 Å². The lowest BCUT2D eigenvalue weighted by Gasteiger charge is -2.44. The molecule has 0 spiro atoms. The Labute approximate surface area is 136 Å². The lowest BCUT2D eigenvalue weighted by molar-refractivity contribution is 0.388. The van der Waals surface area contributed by atoms with Gasteiger partial charge >= 0.3 is 0 Å². The molecule has 0 saturated carbocycles. The van der Waals surface area contributed by atoms with E-state index in [0.29, 0.717) is 12.0 Å². The van der Waals surface area contributed by atoms with Gasteiger partial charge in [-0.1, -0.05) is 56.3 Å². The second-order valence-corrected chi connectivity index (χ2v) is 7.44. The Bertz CT molecular complexity index is 593. The van der Waals surface area contributed by atoms with Crippen molar-refractivity contribution in [1.29, 1.82) is 0 Å². The average molecular weight is 295 g/mol. The van der Waals surface area contributed by atoms with Crippen LogP contribution < -0.4 is 4.90 Å². The summed E-state index contributed by atoms with van der Waals surface area (Å²) in [5.41, 5.74) is 3.95. The standard InChI is InChI=1S/C21H29N/c1-16(2)17(3)22(21(4,5)6)20-14-10-13-19(15-20)18-11-8-7-9-12-18/h7-17H,1-6H3. The second-order valence-electron chi connectivity index (χ2n) is 7.44. The molecule has 0 heterocycles. The Hall–Kier alpha value is -1.76. The van der Waals surface area contributed by atoms with Crippen molar-refractivity contribution in [2.24, 2.45) is 5.92 Å². The van der Waals surface area contributed by atoms with E-state index in [1.807, 2.05) is 0 Å². The van der Waals surface area contributed by atoms with Crippen LogP contribution in [0.3, 0.4) is 0 Å². The summed E-state index contributed by atoms with van der Waals surface area (Å²) in [6.45, 7) is 13.8. The van der Waals surface area contributed by atoms with E-state index in [0.717, 1.165) is 0 Å². The number of anilines is 1. The lowest BCUT2D eigenvalue weighted by atomic mass is 9.95. The molecule has 0 radical (unpaired) electrons. The monoisotopic (exact) mass is 295 g/mol. The molecule has 2 aromatic rings. The third-order valence-electron chi connectivity index (χ3n) is 4.33. The molecule has 0 N–H and O–H groups in total. The fourth-order valence-electron chi connectivity index (χ4n) is 3.00. The minimum absolute atomic E-state index is 0.0962.